The lowest BCUT2D eigenvalue weighted by atomic mass is 10.2. The van der Waals surface area contributed by atoms with Gasteiger partial charge in [0.05, 0.1) is 35.7 Å². The van der Waals surface area contributed by atoms with Crippen molar-refractivity contribution in [1.29, 1.82) is 0 Å². The van der Waals surface area contributed by atoms with Crippen LogP contribution in [0.15, 0.2) is 36.7 Å². The van der Waals surface area contributed by atoms with Gasteiger partial charge in [0.2, 0.25) is 0 Å². The van der Waals surface area contributed by atoms with E-state index in [1.165, 1.54) is 11.1 Å². The molecular formula is C20H22ClFN6O2. The minimum Gasteiger partial charge on any atom is -0.444 e. The molecule has 0 spiro atoms. The van der Waals surface area contributed by atoms with Gasteiger partial charge in [-0.05, 0) is 32.9 Å². The van der Waals surface area contributed by atoms with Gasteiger partial charge >= 0.3 is 6.09 Å². The average Bonchev–Trinajstić information content (AvgIpc) is 3.24. The van der Waals surface area contributed by atoms with Crippen LogP contribution in [0, 0.1) is 0 Å². The van der Waals surface area contributed by atoms with E-state index >= 15 is 0 Å². The largest absolute Gasteiger partial charge is 0.444 e. The number of hydrogen-bond acceptors (Lipinski definition) is 6. The molecule has 4 rings (SSSR count). The maximum absolute atomic E-state index is 14.6. The van der Waals surface area contributed by atoms with Gasteiger partial charge < -0.3 is 15.0 Å². The zero-order valence-corrected chi connectivity index (χ0v) is 17.6. The zero-order valence-electron chi connectivity index (χ0n) is 16.8. The number of anilines is 1. The third kappa shape index (κ3) is 4.30. The van der Waals surface area contributed by atoms with Crippen molar-refractivity contribution in [3.8, 4) is 11.4 Å². The van der Waals surface area contributed by atoms with Crippen molar-refractivity contribution in [2.75, 3.05) is 18.4 Å². The molecule has 2 atom stereocenters. The van der Waals surface area contributed by atoms with E-state index in [2.05, 4.69) is 20.4 Å². The molecule has 0 unspecified atom stereocenters. The smallest absolute Gasteiger partial charge is 0.410 e. The van der Waals surface area contributed by atoms with Crippen LogP contribution < -0.4 is 5.32 Å². The summed E-state index contributed by atoms with van der Waals surface area (Å²) >= 11 is 5.96. The molecule has 0 aromatic carbocycles. The van der Waals surface area contributed by atoms with Crippen LogP contribution in [0.25, 0.3) is 17.0 Å². The number of carbonyl (C=O) groups is 1. The van der Waals surface area contributed by atoms with E-state index in [0.717, 1.165) is 0 Å². The number of amides is 1. The number of pyridine rings is 1. The van der Waals surface area contributed by atoms with Crippen LogP contribution >= 0.6 is 11.6 Å². The van der Waals surface area contributed by atoms with Gasteiger partial charge in [0.1, 0.15) is 23.3 Å². The predicted molar refractivity (Wildman–Crippen MR) is 111 cm³/mol. The fourth-order valence-corrected chi connectivity index (χ4v) is 3.39. The van der Waals surface area contributed by atoms with Gasteiger partial charge in [-0.15, -0.1) is 0 Å². The number of alkyl halides is 1. The first-order chi connectivity index (χ1) is 14.2. The first-order valence-corrected chi connectivity index (χ1v) is 9.93. The normalized spacial score (nSPS) is 19.3. The number of hydrogen-bond donors (Lipinski definition) is 1. The zero-order chi connectivity index (χ0) is 21.5. The maximum atomic E-state index is 14.6. The summed E-state index contributed by atoms with van der Waals surface area (Å²) in [6.45, 7) is 5.51. The number of imidazole rings is 1. The van der Waals surface area contributed by atoms with Gasteiger partial charge in [0.25, 0.3) is 0 Å². The Kier molecular flexibility index (Phi) is 5.23. The first kappa shape index (κ1) is 20.3. The standard InChI is InChI=1S/C20H22ClFN6O2/c1-20(2,3)30-19(29)27-10-13(22)15(11-27)26-17-6-4-5-14(25-17)16-9-23-18-7-12(21)8-24-28(16)18/h4-9,13,15H,10-11H2,1-3H3,(H,25,26)/t13-,15-/m0/s1. The summed E-state index contributed by atoms with van der Waals surface area (Å²) in [6, 6.07) is 6.50. The Balaban J connectivity index is 1.50. The van der Waals surface area contributed by atoms with Crippen molar-refractivity contribution >= 4 is 29.2 Å². The van der Waals surface area contributed by atoms with Crippen molar-refractivity contribution in [2.45, 2.75) is 38.6 Å². The van der Waals surface area contributed by atoms with Crippen LogP contribution in [0.1, 0.15) is 20.8 Å². The Morgan fingerprint density at radius 1 is 1.30 bits per heavy atom. The molecule has 8 nitrogen and oxygen atoms in total. The summed E-state index contributed by atoms with van der Waals surface area (Å²) in [6.07, 6.45) is 1.43. The summed E-state index contributed by atoms with van der Waals surface area (Å²) < 4.78 is 21.5. The molecule has 1 aliphatic rings. The molecule has 1 aliphatic heterocycles. The van der Waals surface area contributed by atoms with E-state index < -0.39 is 23.9 Å². The topological polar surface area (TPSA) is 84.6 Å². The second kappa shape index (κ2) is 7.71. The first-order valence-electron chi connectivity index (χ1n) is 9.55. The summed E-state index contributed by atoms with van der Waals surface area (Å²) in [7, 11) is 0. The van der Waals surface area contributed by atoms with Gasteiger partial charge in [-0.2, -0.15) is 5.10 Å². The number of fused-ring (bicyclic) bond motifs is 1. The van der Waals surface area contributed by atoms with Gasteiger partial charge in [-0.1, -0.05) is 17.7 Å². The fraction of sp³-hybridized carbons (Fsp3) is 0.400. The van der Waals surface area contributed by atoms with E-state index in [4.69, 9.17) is 16.3 Å². The van der Waals surface area contributed by atoms with E-state index in [1.54, 1.807) is 43.6 Å². The van der Waals surface area contributed by atoms with Crippen molar-refractivity contribution in [3.05, 3.63) is 41.7 Å². The highest BCUT2D eigenvalue weighted by Gasteiger charge is 2.37. The van der Waals surface area contributed by atoms with Gasteiger partial charge in [0.15, 0.2) is 5.65 Å². The lowest BCUT2D eigenvalue weighted by molar-refractivity contribution is 0.0283. The van der Waals surface area contributed by atoms with E-state index in [-0.39, 0.29) is 13.1 Å². The summed E-state index contributed by atoms with van der Waals surface area (Å²) in [5, 5.41) is 7.85. The molecule has 0 saturated carbocycles. The monoisotopic (exact) mass is 432 g/mol. The number of rotatable bonds is 3. The van der Waals surface area contributed by atoms with Crippen LogP contribution in [0.3, 0.4) is 0 Å². The van der Waals surface area contributed by atoms with Crippen LogP contribution in [0.4, 0.5) is 15.0 Å². The lowest BCUT2D eigenvalue weighted by Crippen LogP contribution is -2.36. The SMILES string of the molecule is CC(C)(C)OC(=O)N1C[C@H](Nc2cccc(-c3cnc4cc(Cl)cnn34)n2)[C@@H](F)C1. The van der Waals surface area contributed by atoms with Crippen LogP contribution in [-0.2, 0) is 4.74 Å². The molecule has 1 N–H and O–H groups in total. The maximum Gasteiger partial charge on any atom is 0.410 e. The molecule has 3 aromatic heterocycles. The highest BCUT2D eigenvalue weighted by Crippen LogP contribution is 2.24. The summed E-state index contributed by atoms with van der Waals surface area (Å²) in [5.41, 5.74) is 1.28. The van der Waals surface area contributed by atoms with Gasteiger partial charge in [0, 0.05) is 12.6 Å². The third-order valence-corrected chi connectivity index (χ3v) is 4.78. The minimum absolute atomic E-state index is 0.0236. The Morgan fingerprint density at radius 2 is 2.10 bits per heavy atom. The second-order valence-electron chi connectivity index (χ2n) is 8.15. The number of aromatic nitrogens is 4. The number of halogens is 2. The summed E-state index contributed by atoms with van der Waals surface area (Å²) in [4.78, 5) is 22.5. The van der Waals surface area contributed by atoms with Crippen molar-refractivity contribution in [2.24, 2.45) is 0 Å². The number of carbonyl (C=O) groups excluding carboxylic acids is 1. The number of nitrogens with one attached hydrogen (secondary N) is 1. The Bertz CT molecular complexity index is 1080. The molecule has 0 radical (unpaired) electrons. The van der Waals surface area contributed by atoms with Crippen molar-refractivity contribution in [3.63, 3.8) is 0 Å². The fourth-order valence-electron chi connectivity index (χ4n) is 3.25. The van der Waals surface area contributed by atoms with Crippen LogP contribution in [0.2, 0.25) is 5.02 Å². The number of ether oxygens (including phenoxy) is 1. The van der Waals surface area contributed by atoms with E-state index in [1.807, 2.05) is 12.1 Å². The van der Waals surface area contributed by atoms with Crippen molar-refractivity contribution < 1.29 is 13.9 Å². The Morgan fingerprint density at radius 3 is 2.87 bits per heavy atom. The van der Waals surface area contributed by atoms with Crippen molar-refractivity contribution in [1.82, 2.24) is 24.5 Å². The molecule has 10 heteroatoms. The van der Waals surface area contributed by atoms with Crippen LogP contribution in [-0.4, -0.2) is 61.5 Å². The third-order valence-electron chi connectivity index (χ3n) is 4.57. The highest BCUT2D eigenvalue weighted by molar-refractivity contribution is 6.30. The number of likely N-dealkylation sites (tertiary alicyclic amines) is 1. The molecule has 1 amide bonds. The average molecular weight is 433 g/mol. The molecule has 4 heterocycles. The molecule has 1 saturated heterocycles. The Labute approximate surface area is 178 Å². The minimum atomic E-state index is -1.23. The second-order valence-corrected chi connectivity index (χ2v) is 8.58. The molecule has 0 aliphatic carbocycles. The van der Waals surface area contributed by atoms with E-state index in [0.29, 0.717) is 27.9 Å². The van der Waals surface area contributed by atoms with Gasteiger partial charge in [-0.3, -0.25) is 0 Å². The summed E-state index contributed by atoms with van der Waals surface area (Å²) in [5.74, 6) is 0.495. The number of nitrogens with zero attached hydrogens (tertiary/aromatic N) is 5. The molecular weight excluding hydrogens is 411 g/mol. The molecule has 158 valence electrons. The predicted octanol–water partition coefficient (Wildman–Crippen LogP) is 3.81. The molecule has 0 bridgehead atoms. The molecule has 30 heavy (non-hydrogen) atoms. The highest BCUT2D eigenvalue weighted by atomic mass is 35.5. The van der Waals surface area contributed by atoms with Gasteiger partial charge in [-0.25, -0.2) is 23.7 Å². The Hall–Kier alpha value is -2.94. The lowest BCUT2D eigenvalue weighted by Gasteiger charge is -2.24. The van der Waals surface area contributed by atoms with E-state index in [9.17, 15) is 9.18 Å². The molecule has 3 aromatic rings. The molecule has 1 fully saturated rings. The quantitative estimate of drug-likeness (QED) is 0.677. The van der Waals surface area contributed by atoms with Crippen LogP contribution in [0.5, 0.6) is 0 Å².